The second-order valence-electron chi connectivity index (χ2n) is 10.5. The van der Waals surface area contributed by atoms with Crippen LogP contribution in [0.5, 0.6) is 0 Å². The molecule has 3 aromatic rings. The Bertz CT molecular complexity index is 1310. The van der Waals surface area contributed by atoms with E-state index in [2.05, 4.69) is 24.9 Å². The fraction of sp³-hybridized carbons (Fsp3) is 0.560. The van der Waals surface area contributed by atoms with E-state index >= 15 is 0 Å². The SMILES string of the molecule is O=S(CCO)Nc1ccc(-n2cc(-c3csc(N4CCC(F)(F)CC4)n3)nn2)c(N2CCC3(CC2)CC3)c1. The Morgan fingerprint density at radius 2 is 1.74 bits per heavy atom. The molecule has 2 saturated heterocycles. The van der Waals surface area contributed by atoms with Crippen LogP contribution in [0.15, 0.2) is 29.8 Å². The minimum Gasteiger partial charge on any atom is -0.395 e. The molecule has 38 heavy (non-hydrogen) atoms. The largest absolute Gasteiger partial charge is 0.395 e. The van der Waals surface area contributed by atoms with Crippen LogP contribution in [-0.4, -0.2) is 73.8 Å². The van der Waals surface area contributed by atoms with E-state index in [1.807, 2.05) is 34.7 Å². The van der Waals surface area contributed by atoms with E-state index in [0.29, 0.717) is 16.8 Å². The minimum atomic E-state index is -2.59. The van der Waals surface area contributed by atoms with Gasteiger partial charge in [0, 0.05) is 50.1 Å². The molecule has 1 atom stereocenters. The summed E-state index contributed by atoms with van der Waals surface area (Å²) in [7, 11) is -1.37. The Balaban J connectivity index is 1.24. The van der Waals surface area contributed by atoms with Gasteiger partial charge in [0.2, 0.25) is 0 Å². The lowest BCUT2D eigenvalue weighted by molar-refractivity contribution is -0.0220. The number of nitrogens with zero attached hydrogens (tertiary/aromatic N) is 6. The zero-order valence-corrected chi connectivity index (χ0v) is 22.6. The molecule has 1 aliphatic carbocycles. The molecule has 2 aliphatic heterocycles. The van der Waals surface area contributed by atoms with Crippen LogP contribution >= 0.6 is 11.3 Å². The second kappa shape index (κ2) is 10.2. The number of halogens is 2. The number of thiazole rings is 1. The average Bonchev–Trinajstić information content (AvgIpc) is 3.28. The Labute approximate surface area is 226 Å². The summed E-state index contributed by atoms with van der Waals surface area (Å²) < 4.78 is 44.0. The molecule has 3 fully saturated rings. The van der Waals surface area contributed by atoms with E-state index in [1.165, 1.54) is 24.2 Å². The number of piperidine rings is 2. The van der Waals surface area contributed by atoms with Gasteiger partial charge >= 0.3 is 0 Å². The van der Waals surface area contributed by atoms with Gasteiger partial charge in [0.15, 0.2) is 5.13 Å². The van der Waals surface area contributed by atoms with Crippen LogP contribution in [0.4, 0.5) is 25.3 Å². The monoisotopic (exact) mass is 563 g/mol. The van der Waals surface area contributed by atoms with Gasteiger partial charge in [-0.25, -0.2) is 22.7 Å². The fourth-order valence-electron chi connectivity index (χ4n) is 5.25. The van der Waals surface area contributed by atoms with Gasteiger partial charge in [0.1, 0.15) is 22.4 Å². The van der Waals surface area contributed by atoms with E-state index in [0.717, 1.165) is 48.1 Å². The molecule has 9 nitrogen and oxygen atoms in total. The van der Waals surface area contributed by atoms with Gasteiger partial charge in [-0.05, 0) is 49.3 Å². The first kappa shape index (κ1) is 25.6. The first-order chi connectivity index (χ1) is 18.3. The predicted molar refractivity (Wildman–Crippen MR) is 146 cm³/mol. The van der Waals surface area contributed by atoms with Crippen molar-refractivity contribution < 1.29 is 18.1 Å². The van der Waals surface area contributed by atoms with Crippen molar-refractivity contribution in [3.8, 4) is 17.1 Å². The van der Waals surface area contributed by atoms with Crippen molar-refractivity contribution in [1.82, 2.24) is 20.0 Å². The van der Waals surface area contributed by atoms with Crippen molar-refractivity contribution in [2.45, 2.75) is 44.4 Å². The van der Waals surface area contributed by atoms with Crippen LogP contribution in [-0.2, 0) is 11.0 Å². The minimum absolute atomic E-state index is 0.150. The van der Waals surface area contributed by atoms with Crippen LogP contribution in [0.2, 0.25) is 0 Å². The molecular formula is C25H31F2N7O2S2. The van der Waals surface area contributed by atoms with E-state index in [1.54, 1.807) is 4.68 Å². The maximum Gasteiger partial charge on any atom is 0.251 e. The van der Waals surface area contributed by atoms with Crippen LogP contribution in [0.3, 0.4) is 0 Å². The highest BCUT2D eigenvalue weighted by atomic mass is 32.2. The van der Waals surface area contributed by atoms with Crippen molar-refractivity contribution in [3.63, 3.8) is 0 Å². The third kappa shape index (κ3) is 5.41. The summed E-state index contributed by atoms with van der Waals surface area (Å²) in [5.74, 6) is -2.44. The second-order valence-corrected chi connectivity index (χ2v) is 12.6. The summed E-state index contributed by atoms with van der Waals surface area (Å²) in [5.41, 5.74) is 4.38. The molecule has 0 amide bonds. The zero-order valence-electron chi connectivity index (χ0n) is 21.0. The van der Waals surface area contributed by atoms with E-state index in [4.69, 9.17) is 5.11 Å². The van der Waals surface area contributed by atoms with Gasteiger partial charge in [0.25, 0.3) is 5.92 Å². The Hall–Kier alpha value is -2.64. The third-order valence-electron chi connectivity index (χ3n) is 7.87. The van der Waals surface area contributed by atoms with Crippen LogP contribution in [0.1, 0.15) is 38.5 Å². The summed E-state index contributed by atoms with van der Waals surface area (Å²) in [4.78, 5) is 8.93. The average molecular weight is 564 g/mol. The summed E-state index contributed by atoms with van der Waals surface area (Å²) in [6, 6.07) is 5.78. The number of rotatable bonds is 8. The Kier molecular flexibility index (Phi) is 6.85. The van der Waals surface area contributed by atoms with E-state index < -0.39 is 16.9 Å². The number of aliphatic hydroxyl groups is 1. The van der Waals surface area contributed by atoms with Crippen molar-refractivity contribution >= 4 is 38.8 Å². The lowest BCUT2D eigenvalue weighted by Crippen LogP contribution is -2.39. The Morgan fingerprint density at radius 3 is 2.45 bits per heavy atom. The Morgan fingerprint density at radius 1 is 1.00 bits per heavy atom. The third-order valence-corrected chi connectivity index (χ3v) is 9.78. The summed E-state index contributed by atoms with van der Waals surface area (Å²) in [6.07, 6.45) is 6.48. The van der Waals surface area contributed by atoms with E-state index in [9.17, 15) is 13.0 Å². The summed E-state index contributed by atoms with van der Waals surface area (Å²) in [5, 5.41) is 20.5. The number of hydrogen-bond acceptors (Lipinski definition) is 8. The van der Waals surface area contributed by atoms with Crippen molar-refractivity contribution in [2.24, 2.45) is 5.41 Å². The molecule has 204 valence electrons. The highest BCUT2D eigenvalue weighted by Gasteiger charge is 2.44. The lowest BCUT2D eigenvalue weighted by atomic mass is 9.93. The van der Waals surface area contributed by atoms with Crippen molar-refractivity contribution in [2.75, 3.05) is 53.1 Å². The molecule has 4 heterocycles. The summed E-state index contributed by atoms with van der Waals surface area (Å²) >= 11 is 1.43. The quantitative estimate of drug-likeness (QED) is 0.426. The standard InChI is InChI=1S/C25H31F2N7O2S2/c26-25(27)7-11-33(12-8-25)23-28-20(17-37-23)19-16-34(31-29-19)21-2-1-18(30-38(36)14-13-35)15-22(21)32-9-5-24(3-4-24)6-10-32/h1-2,15-17,30,35H,3-14H2. The number of alkyl halides is 2. The number of benzene rings is 1. The van der Waals surface area contributed by atoms with Gasteiger partial charge < -0.3 is 19.6 Å². The van der Waals surface area contributed by atoms with Gasteiger partial charge in [-0.3, -0.25) is 0 Å². The van der Waals surface area contributed by atoms with Crippen molar-refractivity contribution in [1.29, 1.82) is 0 Å². The molecule has 13 heteroatoms. The number of hydrogen-bond donors (Lipinski definition) is 2. The molecule has 3 aliphatic rings. The van der Waals surface area contributed by atoms with Gasteiger partial charge in [-0.2, -0.15) is 0 Å². The molecule has 0 bridgehead atoms. The number of aliphatic hydroxyl groups excluding tert-OH is 1. The topological polar surface area (TPSA) is 99.4 Å². The number of aromatic nitrogens is 4. The maximum atomic E-state index is 13.6. The molecule has 1 spiro atoms. The molecule has 1 aromatic carbocycles. The maximum absolute atomic E-state index is 13.6. The first-order valence-electron chi connectivity index (χ1n) is 13.0. The molecular weight excluding hydrogens is 532 g/mol. The van der Waals surface area contributed by atoms with Crippen LogP contribution < -0.4 is 14.5 Å². The smallest absolute Gasteiger partial charge is 0.251 e. The van der Waals surface area contributed by atoms with Crippen LogP contribution in [0, 0.1) is 5.41 Å². The molecule has 1 unspecified atom stereocenters. The van der Waals surface area contributed by atoms with Crippen molar-refractivity contribution in [3.05, 3.63) is 29.8 Å². The highest BCUT2D eigenvalue weighted by Crippen LogP contribution is 2.54. The van der Waals surface area contributed by atoms with E-state index in [-0.39, 0.29) is 38.3 Å². The predicted octanol–water partition coefficient (Wildman–Crippen LogP) is 4.07. The zero-order chi connectivity index (χ0) is 26.3. The fourth-order valence-corrected chi connectivity index (χ4v) is 6.78. The molecule has 0 radical (unpaired) electrons. The molecule has 2 aromatic heterocycles. The first-order valence-corrected chi connectivity index (χ1v) is 15.2. The highest BCUT2D eigenvalue weighted by molar-refractivity contribution is 7.86. The summed E-state index contributed by atoms with van der Waals surface area (Å²) in [6.45, 7) is 2.32. The molecule has 1 saturated carbocycles. The van der Waals surface area contributed by atoms with Crippen LogP contribution in [0.25, 0.3) is 17.1 Å². The lowest BCUT2D eigenvalue weighted by Gasteiger charge is -2.35. The number of nitrogens with one attached hydrogen (secondary N) is 1. The molecule has 6 rings (SSSR count). The normalized spacial score (nSPS) is 21.0. The molecule has 2 N–H and O–H groups in total. The van der Waals surface area contributed by atoms with Gasteiger partial charge in [-0.1, -0.05) is 5.21 Å². The van der Waals surface area contributed by atoms with Gasteiger partial charge in [-0.15, -0.1) is 16.4 Å². The number of anilines is 3. The van der Waals surface area contributed by atoms with Gasteiger partial charge in [0.05, 0.1) is 29.9 Å².